The second-order valence-electron chi connectivity index (χ2n) is 9.45. The van der Waals surface area contributed by atoms with Crippen molar-refractivity contribution >= 4 is 41.5 Å². The molecule has 192 valence electrons. The summed E-state index contributed by atoms with van der Waals surface area (Å²) in [5.74, 6) is 0.149. The molecular weight excluding hydrogens is 465 g/mol. The number of nitrogens with one attached hydrogen (secondary N) is 1. The highest BCUT2D eigenvalue weighted by atomic mass is 35.5. The number of likely N-dealkylation sites (N-methyl/N-ethyl adjacent to an activating group) is 1. The first-order chi connectivity index (χ1) is 15.6. The maximum Gasteiger partial charge on any atom is 0.234 e. The number of carbonyl (C=O) groups is 1. The van der Waals surface area contributed by atoms with Crippen molar-refractivity contribution < 1.29 is 4.79 Å². The fourth-order valence-electron chi connectivity index (χ4n) is 5.22. The van der Waals surface area contributed by atoms with Crippen molar-refractivity contribution in [3.05, 3.63) is 48.0 Å². The number of likely N-dealkylation sites (tertiary alicyclic amines) is 1. The Labute approximate surface area is 219 Å². The van der Waals surface area contributed by atoms with Crippen LogP contribution in [-0.2, 0) is 10.2 Å². The Morgan fingerprint density at radius 1 is 0.971 bits per heavy atom. The molecule has 0 spiro atoms. The number of benzene rings is 2. The first-order valence-corrected chi connectivity index (χ1v) is 12.8. The summed E-state index contributed by atoms with van der Waals surface area (Å²) in [4.78, 5) is 17.7. The summed E-state index contributed by atoms with van der Waals surface area (Å²) >= 11 is 0. The van der Waals surface area contributed by atoms with Gasteiger partial charge in [-0.1, -0.05) is 76.1 Å². The van der Waals surface area contributed by atoms with Crippen molar-refractivity contribution in [2.45, 2.75) is 64.7 Å². The smallest absolute Gasteiger partial charge is 0.234 e. The molecular formula is C28H45Cl2N3O. The summed E-state index contributed by atoms with van der Waals surface area (Å²) in [6.07, 6.45) is 7.18. The number of amides is 1. The van der Waals surface area contributed by atoms with Crippen LogP contribution in [0.25, 0.3) is 10.8 Å². The van der Waals surface area contributed by atoms with Gasteiger partial charge >= 0.3 is 0 Å². The van der Waals surface area contributed by atoms with E-state index in [4.69, 9.17) is 0 Å². The largest absolute Gasteiger partial charge is 0.354 e. The van der Waals surface area contributed by atoms with Crippen molar-refractivity contribution in [2.24, 2.45) is 0 Å². The molecule has 1 aliphatic heterocycles. The Hall–Kier alpha value is -1.33. The van der Waals surface area contributed by atoms with E-state index in [2.05, 4.69) is 78.4 Å². The Morgan fingerprint density at radius 3 is 2.32 bits per heavy atom. The molecule has 0 aliphatic carbocycles. The van der Waals surface area contributed by atoms with E-state index in [9.17, 15) is 4.79 Å². The quantitative estimate of drug-likeness (QED) is 0.356. The fraction of sp³-hybridized carbons (Fsp3) is 0.607. The first-order valence-electron chi connectivity index (χ1n) is 12.8. The van der Waals surface area contributed by atoms with E-state index < -0.39 is 0 Å². The molecule has 1 fully saturated rings. The molecule has 3 rings (SSSR count). The summed E-state index contributed by atoms with van der Waals surface area (Å²) in [7, 11) is 0. The molecule has 1 saturated heterocycles. The van der Waals surface area contributed by atoms with E-state index >= 15 is 0 Å². The summed E-state index contributed by atoms with van der Waals surface area (Å²) in [6, 6.07) is 15.5. The number of rotatable bonds is 13. The van der Waals surface area contributed by atoms with Crippen LogP contribution in [0.3, 0.4) is 0 Å². The fourth-order valence-corrected chi connectivity index (χ4v) is 5.22. The number of fused-ring (bicyclic) bond motifs is 1. The molecule has 1 atom stereocenters. The second kappa shape index (κ2) is 15.6. The highest BCUT2D eigenvalue weighted by molar-refractivity contribution is 5.87. The molecule has 1 aliphatic rings. The Bertz CT molecular complexity index is 847. The molecule has 4 nitrogen and oxygen atoms in total. The van der Waals surface area contributed by atoms with Crippen molar-refractivity contribution in [3.8, 4) is 0 Å². The van der Waals surface area contributed by atoms with E-state index in [1.807, 2.05) is 0 Å². The average molecular weight is 511 g/mol. The van der Waals surface area contributed by atoms with Crippen LogP contribution in [0.4, 0.5) is 0 Å². The molecule has 34 heavy (non-hydrogen) atoms. The van der Waals surface area contributed by atoms with Gasteiger partial charge in [0.25, 0.3) is 0 Å². The molecule has 1 N–H and O–H groups in total. The third kappa shape index (κ3) is 8.12. The van der Waals surface area contributed by atoms with Crippen LogP contribution in [0, 0.1) is 0 Å². The first kappa shape index (κ1) is 30.7. The Balaban J connectivity index is 0.00000289. The monoisotopic (exact) mass is 509 g/mol. The molecule has 2 aromatic carbocycles. The van der Waals surface area contributed by atoms with E-state index in [1.165, 1.54) is 55.1 Å². The van der Waals surface area contributed by atoms with Gasteiger partial charge in [-0.05, 0) is 74.7 Å². The lowest BCUT2D eigenvalue weighted by Crippen LogP contribution is -2.46. The molecule has 1 amide bonds. The lowest BCUT2D eigenvalue weighted by atomic mass is 9.71. The Kier molecular flexibility index (Phi) is 14.1. The van der Waals surface area contributed by atoms with E-state index in [0.29, 0.717) is 6.54 Å². The van der Waals surface area contributed by atoms with Crippen LogP contribution in [0.2, 0.25) is 0 Å². The number of unbranched alkanes of at least 4 members (excludes halogenated alkanes) is 1. The molecule has 0 bridgehead atoms. The van der Waals surface area contributed by atoms with Crippen LogP contribution in [0.5, 0.6) is 0 Å². The van der Waals surface area contributed by atoms with Gasteiger partial charge in [-0.3, -0.25) is 9.69 Å². The normalized spacial score (nSPS) is 15.5. The lowest BCUT2D eigenvalue weighted by Gasteiger charge is -2.37. The number of hydrogen-bond acceptors (Lipinski definition) is 3. The van der Waals surface area contributed by atoms with Gasteiger partial charge in [-0.15, -0.1) is 24.8 Å². The minimum atomic E-state index is -0.0433. The topological polar surface area (TPSA) is 35.6 Å². The SMILES string of the molecule is CCCCC(CCN1CCCC1)(CNC(=O)CN(CC)CC)c1cccc2ccccc12.Cl.Cl. The van der Waals surface area contributed by atoms with Gasteiger partial charge in [-0.25, -0.2) is 0 Å². The van der Waals surface area contributed by atoms with Crippen molar-refractivity contribution in [2.75, 3.05) is 45.8 Å². The van der Waals surface area contributed by atoms with Gasteiger partial charge in [0, 0.05) is 12.0 Å². The predicted molar refractivity (Wildman–Crippen MR) is 151 cm³/mol. The summed E-state index contributed by atoms with van der Waals surface area (Å²) in [5.41, 5.74) is 1.37. The predicted octanol–water partition coefficient (Wildman–Crippen LogP) is 6.06. The maximum absolute atomic E-state index is 12.9. The minimum Gasteiger partial charge on any atom is -0.354 e. The highest BCUT2D eigenvalue weighted by Gasteiger charge is 2.34. The zero-order valence-electron chi connectivity index (χ0n) is 21.4. The lowest BCUT2D eigenvalue weighted by molar-refractivity contribution is -0.122. The zero-order chi connectivity index (χ0) is 22.8. The van der Waals surface area contributed by atoms with Crippen molar-refractivity contribution in [1.29, 1.82) is 0 Å². The molecule has 2 aromatic rings. The molecule has 0 saturated carbocycles. The van der Waals surface area contributed by atoms with Crippen LogP contribution in [0.1, 0.15) is 64.9 Å². The van der Waals surface area contributed by atoms with E-state index in [0.717, 1.165) is 39.0 Å². The van der Waals surface area contributed by atoms with Gasteiger partial charge in [0.1, 0.15) is 0 Å². The van der Waals surface area contributed by atoms with Crippen LogP contribution in [0.15, 0.2) is 42.5 Å². The standard InChI is InChI=1S/C28H43N3O.2ClH/c1-4-7-17-28(18-21-31-19-10-11-20-31,23-29-27(32)22-30(5-2)6-3)26-16-12-14-24-13-8-9-15-25(24)26;;/h8-9,12-16H,4-7,10-11,17-23H2,1-3H3,(H,29,32);2*1H. The average Bonchev–Trinajstić information content (AvgIpc) is 3.36. The second-order valence-corrected chi connectivity index (χ2v) is 9.45. The van der Waals surface area contributed by atoms with Gasteiger partial charge in [-0.2, -0.15) is 0 Å². The van der Waals surface area contributed by atoms with Gasteiger partial charge in [0.05, 0.1) is 6.54 Å². The van der Waals surface area contributed by atoms with Crippen molar-refractivity contribution in [1.82, 2.24) is 15.1 Å². The number of hydrogen-bond donors (Lipinski definition) is 1. The number of halogens is 2. The minimum absolute atomic E-state index is 0. The summed E-state index contributed by atoms with van der Waals surface area (Å²) in [6.45, 7) is 13.1. The highest BCUT2D eigenvalue weighted by Crippen LogP contribution is 2.38. The maximum atomic E-state index is 12.9. The van der Waals surface area contributed by atoms with Crippen molar-refractivity contribution in [3.63, 3.8) is 0 Å². The molecule has 0 radical (unpaired) electrons. The number of carbonyl (C=O) groups excluding carboxylic acids is 1. The van der Waals surface area contributed by atoms with Gasteiger partial charge in [0.15, 0.2) is 0 Å². The van der Waals surface area contributed by atoms with Crippen LogP contribution < -0.4 is 5.32 Å². The number of nitrogens with zero attached hydrogens (tertiary/aromatic N) is 2. The Morgan fingerprint density at radius 2 is 1.65 bits per heavy atom. The van der Waals surface area contributed by atoms with Gasteiger partial charge < -0.3 is 10.2 Å². The molecule has 0 aromatic heterocycles. The molecule has 1 unspecified atom stereocenters. The zero-order valence-corrected chi connectivity index (χ0v) is 23.0. The van der Waals surface area contributed by atoms with Crippen LogP contribution >= 0.6 is 24.8 Å². The van der Waals surface area contributed by atoms with Crippen LogP contribution in [-0.4, -0.2) is 61.5 Å². The summed E-state index contributed by atoms with van der Waals surface area (Å²) < 4.78 is 0. The third-order valence-corrected chi connectivity index (χ3v) is 7.36. The van der Waals surface area contributed by atoms with E-state index in [-0.39, 0.29) is 36.1 Å². The third-order valence-electron chi connectivity index (χ3n) is 7.36. The molecule has 6 heteroatoms. The summed E-state index contributed by atoms with van der Waals surface area (Å²) in [5, 5.41) is 6.00. The van der Waals surface area contributed by atoms with E-state index in [1.54, 1.807) is 0 Å². The van der Waals surface area contributed by atoms with Gasteiger partial charge in [0.2, 0.25) is 5.91 Å². The molecule has 1 heterocycles.